The number of methoxy groups -OCH3 is 1. The largest absolute Gasteiger partial charge is 0.382 e. The van der Waals surface area contributed by atoms with Crippen LogP contribution in [-0.2, 0) is 20.8 Å². The molecule has 0 saturated heterocycles. The first kappa shape index (κ1) is 16.6. The van der Waals surface area contributed by atoms with E-state index >= 15 is 0 Å². The van der Waals surface area contributed by atoms with Crippen molar-refractivity contribution in [2.45, 2.75) is 19.9 Å². The smallest absolute Gasteiger partial charge is 0.250 e. The van der Waals surface area contributed by atoms with Crippen molar-refractivity contribution >= 4 is 11.6 Å². The quantitative estimate of drug-likeness (QED) is 0.642. The van der Waals surface area contributed by atoms with Gasteiger partial charge in [-0.3, -0.25) is 4.79 Å². The zero-order chi connectivity index (χ0) is 14.6. The lowest BCUT2D eigenvalue weighted by Crippen LogP contribution is -2.20. The van der Waals surface area contributed by atoms with Gasteiger partial charge in [-0.15, -0.1) is 0 Å². The summed E-state index contributed by atoms with van der Waals surface area (Å²) in [5, 5.41) is 6.15. The van der Waals surface area contributed by atoms with Crippen LogP contribution in [0.4, 0.5) is 5.69 Å². The van der Waals surface area contributed by atoms with Gasteiger partial charge < -0.3 is 20.1 Å². The van der Waals surface area contributed by atoms with Crippen molar-refractivity contribution in [1.29, 1.82) is 0 Å². The molecule has 1 rings (SSSR count). The number of nitrogens with one attached hydrogen (secondary N) is 2. The highest BCUT2D eigenvalue weighted by molar-refractivity contribution is 5.91. The van der Waals surface area contributed by atoms with Crippen LogP contribution in [0.5, 0.6) is 0 Å². The summed E-state index contributed by atoms with van der Waals surface area (Å²) in [6.07, 6.45) is 1.11. The van der Waals surface area contributed by atoms with Crippen LogP contribution in [0.3, 0.4) is 0 Å². The number of ether oxygens (including phenoxy) is 2. The van der Waals surface area contributed by atoms with Crippen LogP contribution < -0.4 is 10.6 Å². The molecule has 0 saturated carbocycles. The summed E-state index contributed by atoms with van der Waals surface area (Å²) in [6, 6.07) is 7.81. The molecule has 0 radical (unpaired) electrons. The molecule has 0 unspecified atom stereocenters. The molecule has 0 heterocycles. The summed E-state index contributed by atoms with van der Waals surface area (Å²) in [5.41, 5.74) is 1.94. The maximum absolute atomic E-state index is 11.7. The molecule has 0 aromatic heterocycles. The van der Waals surface area contributed by atoms with Crippen molar-refractivity contribution < 1.29 is 14.3 Å². The first-order valence-corrected chi connectivity index (χ1v) is 6.92. The number of hydrogen-bond donors (Lipinski definition) is 2. The van der Waals surface area contributed by atoms with E-state index in [0.29, 0.717) is 13.2 Å². The minimum Gasteiger partial charge on any atom is -0.382 e. The van der Waals surface area contributed by atoms with Gasteiger partial charge in [0.2, 0.25) is 5.91 Å². The zero-order valence-electron chi connectivity index (χ0n) is 12.3. The second-order valence-electron chi connectivity index (χ2n) is 4.47. The number of amides is 1. The molecule has 112 valence electrons. The monoisotopic (exact) mass is 280 g/mol. The Labute approximate surface area is 120 Å². The van der Waals surface area contributed by atoms with Crippen LogP contribution in [0.25, 0.3) is 0 Å². The predicted molar refractivity (Wildman–Crippen MR) is 79.8 cm³/mol. The van der Waals surface area contributed by atoms with E-state index in [1.165, 1.54) is 0 Å². The van der Waals surface area contributed by atoms with Crippen molar-refractivity contribution in [2.24, 2.45) is 0 Å². The van der Waals surface area contributed by atoms with Gasteiger partial charge in [0.1, 0.15) is 6.61 Å². The summed E-state index contributed by atoms with van der Waals surface area (Å²) in [6.45, 7) is 4.89. The lowest BCUT2D eigenvalue weighted by molar-refractivity contribution is -0.121. The first-order valence-electron chi connectivity index (χ1n) is 6.92. The van der Waals surface area contributed by atoms with Crippen LogP contribution in [0.15, 0.2) is 24.3 Å². The average Bonchev–Trinajstić information content (AvgIpc) is 2.44. The molecule has 1 aromatic rings. The Kier molecular flexibility index (Phi) is 8.62. The fourth-order valence-electron chi connectivity index (χ4n) is 1.67. The highest BCUT2D eigenvalue weighted by Gasteiger charge is 2.03. The molecule has 1 aromatic carbocycles. The van der Waals surface area contributed by atoms with Crippen molar-refractivity contribution in [2.75, 3.05) is 38.8 Å². The Morgan fingerprint density at radius 1 is 1.30 bits per heavy atom. The highest BCUT2D eigenvalue weighted by atomic mass is 16.5. The number of carbonyl (C=O) groups excluding carboxylic acids is 1. The number of anilines is 1. The van der Waals surface area contributed by atoms with E-state index in [0.717, 1.165) is 30.8 Å². The SMILES string of the molecule is CCCNCc1cccc(NC(=O)COCCOC)c1. The van der Waals surface area contributed by atoms with Crippen molar-refractivity contribution in [3.05, 3.63) is 29.8 Å². The molecule has 0 aliphatic carbocycles. The highest BCUT2D eigenvalue weighted by Crippen LogP contribution is 2.10. The van der Waals surface area contributed by atoms with E-state index in [9.17, 15) is 4.79 Å². The number of carbonyl (C=O) groups is 1. The third-order valence-corrected chi connectivity index (χ3v) is 2.63. The topological polar surface area (TPSA) is 59.6 Å². The van der Waals surface area contributed by atoms with Crippen molar-refractivity contribution in [3.8, 4) is 0 Å². The molecule has 5 nitrogen and oxygen atoms in total. The maximum atomic E-state index is 11.7. The average molecular weight is 280 g/mol. The standard InChI is InChI=1S/C15H24N2O3/c1-3-7-16-11-13-5-4-6-14(10-13)17-15(18)12-20-9-8-19-2/h4-6,10,16H,3,7-9,11-12H2,1-2H3,(H,17,18). The molecule has 1 amide bonds. The Morgan fingerprint density at radius 3 is 2.90 bits per heavy atom. The van der Waals surface area contributed by atoms with Gasteiger partial charge in [-0.2, -0.15) is 0 Å². The van der Waals surface area contributed by atoms with E-state index in [1.54, 1.807) is 7.11 Å². The van der Waals surface area contributed by atoms with E-state index in [1.807, 2.05) is 24.3 Å². The summed E-state index contributed by atoms with van der Waals surface area (Å²) < 4.78 is 10.0. The van der Waals surface area contributed by atoms with Gasteiger partial charge in [-0.05, 0) is 30.7 Å². The fraction of sp³-hybridized carbons (Fsp3) is 0.533. The van der Waals surface area contributed by atoms with Crippen LogP contribution >= 0.6 is 0 Å². The third-order valence-electron chi connectivity index (χ3n) is 2.63. The van der Waals surface area contributed by atoms with Crippen LogP contribution in [0.2, 0.25) is 0 Å². The van der Waals surface area contributed by atoms with Crippen molar-refractivity contribution in [3.63, 3.8) is 0 Å². The molecule has 0 bridgehead atoms. The molecule has 0 fully saturated rings. The molecular formula is C15H24N2O3. The molecule has 0 aliphatic heterocycles. The van der Waals surface area contributed by atoms with Gasteiger partial charge in [0.05, 0.1) is 13.2 Å². The molecule has 5 heteroatoms. The minimum atomic E-state index is -0.153. The summed E-state index contributed by atoms with van der Waals surface area (Å²) in [5.74, 6) is -0.153. The van der Waals surface area contributed by atoms with Gasteiger partial charge in [0, 0.05) is 19.3 Å². The second-order valence-corrected chi connectivity index (χ2v) is 4.47. The Morgan fingerprint density at radius 2 is 2.15 bits per heavy atom. The van der Waals surface area contributed by atoms with Gasteiger partial charge in [-0.25, -0.2) is 0 Å². The van der Waals surface area contributed by atoms with Crippen LogP contribution in [0, 0.1) is 0 Å². The molecular weight excluding hydrogens is 256 g/mol. The van der Waals surface area contributed by atoms with Crippen LogP contribution in [-0.4, -0.2) is 39.4 Å². The Bertz CT molecular complexity index is 396. The number of benzene rings is 1. The predicted octanol–water partition coefficient (Wildman–Crippen LogP) is 1.79. The summed E-state index contributed by atoms with van der Waals surface area (Å²) in [7, 11) is 1.60. The zero-order valence-corrected chi connectivity index (χ0v) is 12.3. The van der Waals surface area contributed by atoms with Gasteiger partial charge in [-0.1, -0.05) is 19.1 Å². The molecule has 2 N–H and O–H groups in total. The fourth-order valence-corrected chi connectivity index (χ4v) is 1.67. The molecule has 20 heavy (non-hydrogen) atoms. The lowest BCUT2D eigenvalue weighted by Gasteiger charge is -2.08. The number of rotatable bonds is 10. The normalized spacial score (nSPS) is 10.5. The summed E-state index contributed by atoms with van der Waals surface area (Å²) in [4.78, 5) is 11.7. The van der Waals surface area contributed by atoms with E-state index < -0.39 is 0 Å². The van der Waals surface area contributed by atoms with Crippen LogP contribution in [0.1, 0.15) is 18.9 Å². The van der Waals surface area contributed by atoms with E-state index in [2.05, 4.69) is 17.6 Å². The van der Waals surface area contributed by atoms with Gasteiger partial charge in [0.25, 0.3) is 0 Å². The lowest BCUT2D eigenvalue weighted by atomic mass is 10.2. The van der Waals surface area contributed by atoms with E-state index in [4.69, 9.17) is 9.47 Å². The first-order chi connectivity index (χ1) is 9.76. The summed E-state index contributed by atoms with van der Waals surface area (Å²) >= 11 is 0. The number of hydrogen-bond acceptors (Lipinski definition) is 4. The third kappa shape index (κ3) is 7.23. The van der Waals surface area contributed by atoms with Gasteiger partial charge >= 0.3 is 0 Å². The second kappa shape index (κ2) is 10.4. The molecule has 0 atom stereocenters. The van der Waals surface area contributed by atoms with Gasteiger partial charge in [0.15, 0.2) is 0 Å². The minimum absolute atomic E-state index is 0.0433. The Hall–Kier alpha value is -1.43. The molecule has 0 spiro atoms. The molecule has 0 aliphatic rings. The Balaban J connectivity index is 2.35. The van der Waals surface area contributed by atoms with E-state index in [-0.39, 0.29) is 12.5 Å². The van der Waals surface area contributed by atoms with Crippen molar-refractivity contribution in [1.82, 2.24) is 5.32 Å². The maximum Gasteiger partial charge on any atom is 0.250 e.